The van der Waals surface area contributed by atoms with Gasteiger partial charge >= 0.3 is 0 Å². The van der Waals surface area contributed by atoms with Crippen LogP contribution in [-0.4, -0.2) is 40.2 Å². The normalized spacial score (nSPS) is 22.3. The van der Waals surface area contributed by atoms with Crippen LogP contribution in [-0.2, 0) is 11.3 Å². The minimum absolute atomic E-state index is 0.0453. The summed E-state index contributed by atoms with van der Waals surface area (Å²) in [7, 11) is 0. The lowest BCUT2D eigenvalue weighted by Gasteiger charge is -2.42. The molecule has 5 heteroatoms. The largest absolute Gasteiger partial charge is 0.370 e. The fraction of sp³-hybridized carbons (Fsp3) is 0.625. The van der Waals surface area contributed by atoms with Crippen LogP contribution in [0.25, 0.3) is 0 Å². The van der Waals surface area contributed by atoms with Crippen molar-refractivity contribution >= 4 is 0 Å². The number of nitrogens with one attached hydrogen (secondary N) is 1. The van der Waals surface area contributed by atoms with Crippen molar-refractivity contribution in [3.8, 4) is 0 Å². The summed E-state index contributed by atoms with van der Waals surface area (Å²) in [6.45, 7) is 7.56. The Bertz CT molecular complexity index is 598. The third-order valence-corrected chi connectivity index (χ3v) is 4.40. The maximum absolute atomic E-state index is 11.5. The van der Waals surface area contributed by atoms with Gasteiger partial charge in [-0.2, -0.15) is 0 Å². The van der Waals surface area contributed by atoms with Gasteiger partial charge in [0.05, 0.1) is 17.9 Å². The summed E-state index contributed by atoms with van der Waals surface area (Å²) >= 11 is 0. The van der Waals surface area contributed by atoms with E-state index in [2.05, 4.69) is 27.9 Å². The lowest BCUT2D eigenvalue weighted by atomic mass is 9.87. The van der Waals surface area contributed by atoms with Crippen LogP contribution in [0.15, 0.2) is 22.5 Å². The molecule has 0 unspecified atom stereocenters. The minimum Gasteiger partial charge on any atom is -0.370 e. The number of nitrogens with zero attached hydrogens (tertiary/aromatic N) is 2. The summed E-state index contributed by atoms with van der Waals surface area (Å²) in [6, 6.07) is 1.60. The van der Waals surface area contributed by atoms with Gasteiger partial charge in [0, 0.05) is 25.7 Å². The standard InChI is InChI=1S/C16H23N3O2/c1-12-3-8-21-16(10-12)4-6-19(7-5-16)11-14-9-15(20)18-13(2)17-14/h9-10H,3-8,11H2,1-2H3,(H,17,18,20). The van der Waals surface area contributed by atoms with Crippen LogP contribution >= 0.6 is 0 Å². The molecule has 0 amide bonds. The second-order valence-corrected chi connectivity index (χ2v) is 6.25. The molecular formula is C16H23N3O2. The quantitative estimate of drug-likeness (QED) is 0.843. The number of hydrogen-bond donors (Lipinski definition) is 1. The zero-order valence-electron chi connectivity index (χ0n) is 12.8. The van der Waals surface area contributed by atoms with Crippen LogP contribution in [0.3, 0.4) is 0 Å². The van der Waals surface area contributed by atoms with Gasteiger partial charge in [0.15, 0.2) is 0 Å². The number of H-pyrrole nitrogens is 1. The highest BCUT2D eigenvalue weighted by molar-refractivity contribution is 5.14. The minimum atomic E-state index is -0.0693. The zero-order chi connectivity index (χ0) is 14.9. The van der Waals surface area contributed by atoms with Crippen molar-refractivity contribution in [3.63, 3.8) is 0 Å². The number of ether oxygens (including phenoxy) is 1. The molecule has 1 saturated heterocycles. The van der Waals surface area contributed by atoms with Crippen molar-refractivity contribution < 1.29 is 4.74 Å². The van der Waals surface area contributed by atoms with Gasteiger partial charge in [0.25, 0.3) is 5.56 Å². The highest BCUT2D eigenvalue weighted by Gasteiger charge is 2.35. The SMILES string of the molecule is CC1=CC2(CCN(Cc3cc(=O)[nH]c(C)n3)CC2)OCC1. The number of rotatable bonds is 2. The Kier molecular flexibility index (Phi) is 3.95. The van der Waals surface area contributed by atoms with Crippen molar-refractivity contribution in [2.24, 2.45) is 0 Å². The summed E-state index contributed by atoms with van der Waals surface area (Å²) in [6.07, 6.45) is 5.42. The molecule has 5 nitrogen and oxygen atoms in total. The average molecular weight is 289 g/mol. The molecule has 0 radical (unpaired) electrons. The number of hydrogen-bond acceptors (Lipinski definition) is 4. The first-order chi connectivity index (χ1) is 10.0. The van der Waals surface area contributed by atoms with Gasteiger partial charge in [0.2, 0.25) is 0 Å². The Morgan fingerprint density at radius 3 is 2.81 bits per heavy atom. The van der Waals surface area contributed by atoms with Crippen molar-refractivity contribution in [1.82, 2.24) is 14.9 Å². The molecule has 1 fully saturated rings. The van der Waals surface area contributed by atoms with E-state index in [9.17, 15) is 4.79 Å². The van der Waals surface area contributed by atoms with E-state index in [4.69, 9.17) is 4.74 Å². The lowest BCUT2D eigenvalue weighted by molar-refractivity contribution is -0.0578. The van der Waals surface area contributed by atoms with Crippen LogP contribution in [0.2, 0.25) is 0 Å². The van der Waals surface area contributed by atoms with Crippen molar-refractivity contribution in [1.29, 1.82) is 0 Å². The van der Waals surface area contributed by atoms with Crippen molar-refractivity contribution in [2.75, 3.05) is 19.7 Å². The maximum atomic E-state index is 11.5. The molecule has 0 atom stereocenters. The van der Waals surface area contributed by atoms with Crippen LogP contribution < -0.4 is 5.56 Å². The molecule has 114 valence electrons. The van der Waals surface area contributed by atoms with Crippen LogP contribution in [0.5, 0.6) is 0 Å². The first-order valence-electron chi connectivity index (χ1n) is 7.66. The summed E-state index contributed by atoms with van der Waals surface area (Å²) in [5.41, 5.74) is 2.18. The summed E-state index contributed by atoms with van der Waals surface area (Å²) < 4.78 is 6.04. The monoisotopic (exact) mass is 289 g/mol. The summed E-state index contributed by atoms with van der Waals surface area (Å²) in [5, 5.41) is 0. The molecular weight excluding hydrogens is 266 g/mol. The molecule has 21 heavy (non-hydrogen) atoms. The lowest BCUT2D eigenvalue weighted by Crippen LogP contribution is -2.46. The number of aromatic nitrogens is 2. The third-order valence-electron chi connectivity index (χ3n) is 4.40. The number of likely N-dealkylation sites (tertiary alicyclic amines) is 1. The van der Waals surface area contributed by atoms with Gasteiger partial charge < -0.3 is 9.72 Å². The van der Waals surface area contributed by atoms with E-state index < -0.39 is 0 Å². The summed E-state index contributed by atoms with van der Waals surface area (Å²) in [4.78, 5) is 20.9. The fourth-order valence-electron chi connectivity index (χ4n) is 3.31. The van der Waals surface area contributed by atoms with E-state index in [1.807, 2.05) is 6.92 Å². The predicted octanol–water partition coefficient (Wildman–Crippen LogP) is 1.78. The van der Waals surface area contributed by atoms with E-state index in [0.717, 1.165) is 51.2 Å². The molecule has 3 heterocycles. The molecule has 0 aromatic carbocycles. The summed E-state index contributed by atoms with van der Waals surface area (Å²) in [5.74, 6) is 0.681. The van der Waals surface area contributed by atoms with Gasteiger partial charge in [-0.3, -0.25) is 9.69 Å². The molecule has 1 N–H and O–H groups in total. The van der Waals surface area contributed by atoms with E-state index in [-0.39, 0.29) is 11.2 Å². The highest BCUT2D eigenvalue weighted by Crippen LogP contribution is 2.33. The fourth-order valence-corrected chi connectivity index (χ4v) is 3.31. The second-order valence-electron chi connectivity index (χ2n) is 6.25. The van der Waals surface area contributed by atoms with Crippen LogP contribution in [0.1, 0.15) is 37.7 Å². The smallest absolute Gasteiger partial charge is 0.251 e. The average Bonchev–Trinajstić information content (AvgIpc) is 2.40. The van der Waals surface area contributed by atoms with E-state index in [0.29, 0.717) is 5.82 Å². The number of aryl methyl sites for hydroxylation is 1. The van der Waals surface area contributed by atoms with Gasteiger partial charge in [0.1, 0.15) is 5.82 Å². The van der Waals surface area contributed by atoms with Crippen molar-refractivity contribution in [3.05, 3.63) is 39.6 Å². The van der Waals surface area contributed by atoms with Gasteiger partial charge in [-0.05, 0) is 33.1 Å². The van der Waals surface area contributed by atoms with Gasteiger partial charge in [-0.1, -0.05) is 11.6 Å². The van der Waals surface area contributed by atoms with E-state index >= 15 is 0 Å². The Hall–Kier alpha value is -1.46. The van der Waals surface area contributed by atoms with Crippen molar-refractivity contribution in [2.45, 2.75) is 45.3 Å². The van der Waals surface area contributed by atoms with Gasteiger partial charge in [-0.15, -0.1) is 0 Å². The van der Waals surface area contributed by atoms with Gasteiger partial charge in [-0.25, -0.2) is 4.98 Å². The maximum Gasteiger partial charge on any atom is 0.251 e. The molecule has 2 aliphatic rings. The third kappa shape index (κ3) is 3.41. The topological polar surface area (TPSA) is 58.2 Å². The molecule has 0 bridgehead atoms. The second kappa shape index (κ2) is 5.73. The first-order valence-corrected chi connectivity index (χ1v) is 7.66. The first kappa shape index (κ1) is 14.5. The molecule has 0 aliphatic carbocycles. The molecule has 1 aromatic rings. The Balaban J connectivity index is 1.63. The van der Waals surface area contributed by atoms with Crippen LogP contribution in [0.4, 0.5) is 0 Å². The van der Waals surface area contributed by atoms with Crippen LogP contribution in [0, 0.1) is 6.92 Å². The molecule has 1 spiro atoms. The number of piperidine rings is 1. The van der Waals surface area contributed by atoms with E-state index in [1.165, 1.54) is 5.57 Å². The Morgan fingerprint density at radius 2 is 2.14 bits per heavy atom. The Morgan fingerprint density at radius 1 is 1.38 bits per heavy atom. The number of aromatic amines is 1. The molecule has 3 rings (SSSR count). The molecule has 2 aliphatic heterocycles. The van der Waals surface area contributed by atoms with E-state index in [1.54, 1.807) is 6.07 Å². The molecule has 1 aromatic heterocycles. The predicted molar refractivity (Wildman–Crippen MR) is 81.2 cm³/mol. The molecule has 0 saturated carbocycles. The highest BCUT2D eigenvalue weighted by atomic mass is 16.5. The zero-order valence-corrected chi connectivity index (χ0v) is 12.8. The Labute approximate surface area is 125 Å².